The lowest BCUT2D eigenvalue weighted by Gasteiger charge is -2.28. The number of likely N-dealkylation sites (tertiary alicyclic amines) is 1. The van der Waals surface area contributed by atoms with Crippen LogP contribution >= 0.6 is 0 Å². The topological polar surface area (TPSA) is 95.2 Å². The van der Waals surface area contributed by atoms with Gasteiger partial charge in [-0.1, -0.05) is 0 Å². The number of piperidine rings is 1. The largest absolute Gasteiger partial charge is 0.477 e. The molecule has 0 unspecified atom stereocenters. The normalized spacial score (nSPS) is 18.8. The molecule has 6 nitrogen and oxygen atoms in total. The molecule has 0 aromatic carbocycles. The monoisotopic (exact) mass is 224 g/mol. The summed E-state index contributed by atoms with van der Waals surface area (Å²) in [6, 6.07) is 0. The fourth-order valence-electron chi connectivity index (χ4n) is 2.24. The zero-order valence-corrected chi connectivity index (χ0v) is 9.23. The summed E-state index contributed by atoms with van der Waals surface area (Å²) < 4.78 is 0. The van der Waals surface area contributed by atoms with Crippen LogP contribution < -0.4 is 5.73 Å². The third-order valence-corrected chi connectivity index (χ3v) is 3.17. The standard InChI is InChI=1S/C10H16N4O2/c1-14-4-2-6(3-5-14)7-8(10(15)16)12-13-9(7)11/h6H,2-5H2,1H3,(H,15,16)(H3,11,12,13). The Bertz CT molecular complexity index is 394. The first-order valence-corrected chi connectivity index (χ1v) is 5.35. The maximum atomic E-state index is 11.0. The van der Waals surface area contributed by atoms with Crippen LogP contribution in [-0.2, 0) is 0 Å². The van der Waals surface area contributed by atoms with Crippen molar-refractivity contribution in [2.45, 2.75) is 18.8 Å². The van der Waals surface area contributed by atoms with Crippen LogP contribution in [0.15, 0.2) is 0 Å². The Morgan fingerprint density at radius 3 is 2.75 bits per heavy atom. The van der Waals surface area contributed by atoms with Gasteiger partial charge in [0.1, 0.15) is 11.5 Å². The second-order valence-electron chi connectivity index (χ2n) is 4.28. The van der Waals surface area contributed by atoms with E-state index in [1.165, 1.54) is 0 Å². The number of carboxylic acids is 1. The number of nitrogens with one attached hydrogen (secondary N) is 1. The zero-order chi connectivity index (χ0) is 11.7. The number of carboxylic acid groups (broad SMARTS) is 1. The second-order valence-corrected chi connectivity index (χ2v) is 4.28. The van der Waals surface area contributed by atoms with E-state index in [0.717, 1.165) is 25.9 Å². The molecule has 16 heavy (non-hydrogen) atoms. The molecule has 1 aliphatic heterocycles. The molecule has 1 aliphatic rings. The predicted octanol–water partition coefficient (Wildman–Crippen LogP) is 0.499. The molecule has 0 bridgehead atoms. The summed E-state index contributed by atoms with van der Waals surface area (Å²) in [5.74, 6) is -0.453. The molecule has 1 fully saturated rings. The van der Waals surface area contributed by atoms with Crippen molar-refractivity contribution in [2.24, 2.45) is 0 Å². The van der Waals surface area contributed by atoms with Crippen LogP contribution in [0.4, 0.5) is 5.82 Å². The van der Waals surface area contributed by atoms with Crippen molar-refractivity contribution in [3.63, 3.8) is 0 Å². The number of aromatic nitrogens is 2. The van der Waals surface area contributed by atoms with Crippen molar-refractivity contribution >= 4 is 11.8 Å². The molecule has 6 heteroatoms. The summed E-state index contributed by atoms with van der Waals surface area (Å²) in [5, 5.41) is 15.3. The van der Waals surface area contributed by atoms with Gasteiger partial charge in [0.15, 0.2) is 0 Å². The van der Waals surface area contributed by atoms with Gasteiger partial charge in [0.05, 0.1) is 0 Å². The molecule has 1 aromatic rings. The van der Waals surface area contributed by atoms with Gasteiger partial charge < -0.3 is 15.7 Å². The zero-order valence-electron chi connectivity index (χ0n) is 9.23. The van der Waals surface area contributed by atoms with Gasteiger partial charge >= 0.3 is 5.97 Å². The second kappa shape index (κ2) is 4.13. The lowest BCUT2D eigenvalue weighted by atomic mass is 9.89. The Balaban J connectivity index is 2.25. The summed E-state index contributed by atoms with van der Waals surface area (Å²) in [6.45, 7) is 1.93. The van der Waals surface area contributed by atoms with Crippen LogP contribution in [-0.4, -0.2) is 46.3 Å². The third-order valence-electron chi connectivity index (χ3n) is 3.17. The average molecular weight is 224 g/mol. The molecule has 2 heterocycles. The van der Waals surface area contributed by atoms with Gasteiger partial charge in [0, 0.05) is 5.56 Å². The molecule has 88 valence electrons. The minimum absolute atomic E-state index is 0.145. The molecule has 0 radical (unpaired) electrons. The van der Waals surface area contributed by atoms with Gasteiger partial charge in [0.2, 0.25) is 0 Å². The minimum atomic E-state index is -0.988. The minimum Gasteiger partial charge on any atom is -0.477 e. The average Bonchev–Trinajstić information content (AvgIpc) is 2.62. The first-order chi connectivity index (χ1) is 7.59. The van der Waals surface area contributed by atoms with Crippen molar-refractivity contribution in [3.8, 4) is 0 Å². The molecule has 1 saturated heterocycles. The summed E-state index contributed by atoms with van der Waals surface area (Å²) in [7, 11) is 2.06. The summed E-state index contributed by atoms with van der Waals surface area (Å²) in [5.41, 5.74) is 6.55. The highest BCUT2D eigenvalue weighted by Crippen LogP contribution is 2.32. The molecule has 2 rings (SSSR count). The van der Waals surface area contributed by atoms with Gasteiger partial charge in [-0.05, 0) is 38.9 Å². The molecule has 0 spiro atoms. The van der Waals surface area contributed by atoms with E-state index >= 15 is 0 Å². The fraction of sp³-hybridized carbons (Fsp3) is 0.600. The Kier molecular flexibility index (Phi) is 2.82. The van der Waals surface area contributed by atoms with Crippen molar-refractivity contribution < 1.29 is 9.90 Å². The number of aromatic amines is 1. The van der Waals surface area contributed by atoms with E-state index in [1.807, 2.05) is 0 Å². The highest BCUT2D eigenvalue weighted by Gasteiger charge is 2.27. The first-order valence-electron chi connectivity index (χ1n) is 5.35. The number of nitrogens with two attached hydrogens (primary N) is 1. The van der Waals surface area contributed by atoms with Crippen LogP contribution in [0.5, 0.6) is 0 Å². The number of nitrogens with zero attached hydrogens (tertiary/aromatic N) is 2. The van der Waals surface area contributed by atoms with Crippen LogP contribution in [0.1, 0.15) is 34.8 Å². The van der Waals surface area contributed by atoms with E-state index in [-0.39, 0.29) is 11.6 Å². The maximum Gasteiger partial charge on any atom is 0.354 e. The van der Waals surface area contributed by atoms with Crippen molar-refractivity contribution in [3.05, 3.63) is 11.3 Å². The van der Waals surface area contributed by atoms with Crippen LogP contribution in [0, 0.1) is 0 Å². The van der Waals surface area contributed by atoms with Crippen molar-refractivity contribution in [1.29, 1.82) is 0 Å². The van der Waals surface area contributed by atoms with E-state index in [9.17, 15) is 4.79 Å². The number of hydrogen-bond acceptors (Lipinski definition) is 4. The quantitative estimate of drug-likeness (QED) is 0.680. The summed E-state index contributed by atoms with van der Waals surface area (Å²) in [6.07, 6.45) is 1.86. The van der Waals surface area contributed by atoms with Gasteiger partial charge in [-0.2, -0.15) is 5.10 Å². The molecule has 1 aromatic heterocycles. The summed E-state index contributed by atoms with van der Waals surface area (Å²) >= 11 is 0. The highest BCUT2D eigenvalue weighted by molar-refractivity contribution is 5.88. The number of H-pyrrole nitrogens is 1. The molecular weight excluding hydrogens is 208 g/mol. The molecular formula is C10H16N4O2. The molecule has 0 aliphatic carbocycles. The number of carbonyl (C=O) groups is 1. The maximum absolute atomic E-state index is 11.0. The Hall–Kier alpha value is -1.56. The van der Waals surface area contributed by atoms with Gasteiger partial charge in [-0.25, -0.2) is 4.79 Å². The highest BCUT2D eigenvalue weighted by atomic mass is 16.4. The van der Waals surface area contributed by atoms with Crippen molar-refractivity contribution in [2.75, 3.05) is 25.9 Å². The smallest absolute Gasteiger partial charge is 0.354 e. The van der Waals surface area contributed by atoms with Crippen LogP contribution in [0.25, 0.3) is 0 Å². The SMILES string of the molecule is CN1CCC(c2c(N)n[nH]c2C(=O)O)CC1. The number of nitrogen functional groups attached to an aromatic ring is 1. The lowest BCUT2D eigenvalue weighted by Crippen LogP contribution is -2.29. The number of hydrogen-bond donors (Lipinski definition) is 3. The lowest BCUT2D eigenvalue weighted by molar-refractivity contribution is 0.0688. The van der Waals surface area contributed by atoms with Gasteiger partial charge in [0.25, 0.3) is 0 Å². The van der Waals surface area contributed by atoms with Gasteiger partial charge in [-0.3, -0.25) is 5.10 Å². The molecule has 4 N–H and O–H groups in total. The number of anilines is 1. The van der Waals surface area contributed by atoms with E-state index in [0.29, 0.717) is 11.4 Å². The Labute approximate surface area is 93.4 Å². The fourth-order valence-corrected chi connectivity index (χ4v) is 2.24. The Morgan fingerprint density at radius 1 is 1.56 bits per heavy atom. The van der Waals surface area contributed by atoms with E-state index in [4.69, 9.17) is 10.8 Å². The number of aromatic carboxylic acids is 1. The van der Waals surface area contributed by atoms with Crippen molar-refractivity contribution in [1.82, 2.24) is 15.1 Å². The van der Waals surface area contributed by atoms with Crippen LogP contribution in [0.3, 0.4) is 0 Å². The first kappa shape index (κ1) is 10.9. The van der Waals surface area contributed by atoms with E-state index < -0.39 is 5.97 Å². The third kappa shape index (κ3) is 1.88. The molecule has 0 atom stereocenters. The summed E-state index contributed by atoms with van der Waals surface area (Å²) in [4.78, 5) is 13.2. The molecule has 0 amide bonds. The van der Waals surface area contributed by atoms with Crippen LogP contribution in [0.2, 0.25) is 0 Å². The number of rotatable bonds is 2. The molecule has 0 saturated carbocycles. The van der Waals surface area contributed by atoms with E-state index in [1.54, 1.807) is 0 Å². The van der Waals surface area contributed by atoms with E-state index in [2.05, 4.69) is 22.1 Å². The Morgan fingerprint density at radius 2 is 2.19 bits per heavy atom. The van der Waals surface area contributed by atoms with Gasteiger partial charge in [-0.15, -0.1) is 0 Å². The predicted molar refractivity (Wildman–Crippen MR) is 59.4 cm³/mol.